The molecule has 0 atom stereocenters. The summed E-state index contributed by atoms with van der Waals surface area (Å²) in [7, 11) is -3.59. The molecule has 0 saturated carbocycles. The van der Waals surface area contributed by atoms with Crippen molar-refractivity contribution >= 4 is 21.2 Å². The number of rotatable bonds is 5. The summed E-state index contributed by atoms with van der Waals surface area (Å²) in [6.45, 7) is -0.751. The molecule has 0 fully saturated rings. The summed E-state index contributed by atoms with van der Waals surface area (Å²) in [6.07, 6.45) is -1.77. The molecule has 1 N–H and O–H groups in total. The van der Waals surface area contributed by atoms with Crippen LogP contribution in [0.2, 0.25) is 0 Å². The minimum Gasteiger partial charge on any atom is -0.374 e. The lowest BCUT2D eigenvalue weighted by molar-refractivity contribution is -0.384. The molecule has 0 aliphatic rings. The Labute approximate surface area is 102 Å². The average Bonchev–Trinajstić information content (AvgIpc) is 2.24. The Hall–Kier alpha value is -1.77. The van der Waals surface area contributed by atoms with Gasteiger partial charge in [-0.2, -0.15) is 0 Å². The number of alkyl halides is 2. The van der Waals surface area contributed by atoms with Crippen LogP contribution in [0.25, 0.3) is 0 Å². The van der Waals surface area contributed by atoms with Gasteiger partial charge in [-0.3, -0.25) is 10.1 Å². The first-order valence-electron chi connectivity index (χ1n) is 4.72. The fourth-order valence-corrected chi connectivity index (χ4v) is 1.87. The van der Waals surface area contributed by atoms with Gasteiger partial charge in [0.05, 0.1) is 16.4 Å². The van der Waals surface area contributed by atoms with E-state index in [2.05, 4.69) is 5.32 Å². The van der Waals surface area contributed by atoms with E-state index in [1.807, 2.05) is 0 Å². The molecule has 0 aromatic heterocycles. The van der Waals surface area contributed by atoms with Gasteiger partial charge in [-0.15, -0.1) is 0 Å². The number of hydrogen-bond acceptors (Lipinski definition) is 5. The van der Waals surface area contributed by atoms with Gasteiger partial charge in [0.25, 0.3) is 12.1 Å². The highest BCUT2D eigenvalue weighted by atomic mass is 32.2. The highest BCUT2D eigenvalue weighted by molar-refractivity contribution is 7.90. The van der Waals surface area contributed by atoms with Crippen LogP contribution < -0.4 is 5.32 Å². The molecule has 0 aliphatic heterocycles. The maximum absolute atomic E-state index is 12.0. The lowest BCUT2D eigenvalue weighted by atomic mass is 10.2. The van der Waals surface area contributed by atoms with E-state index in [4.69, 9.17) is 0 Å². The molecule has 0 amide bonds. The van der Waals surface area contributed by atoms with Crippen molar-refractivity contribution in [1.29, 1.82) is 0 Å². The first-order chi connectivity index (χ1) is 8.21. The number of halogens is 2. The lowest BCUT2D eigenvalue weighted by Gasteiger charge is -2.07. The van der Waals surface area contributed by atoms with E-state index in [1.54, 1.807) is 0 Å². The van der Waals surface area contributed by atoms with Gasteiger partial charge in [-0.1, -0.05) is 0 Å². The Morgan fingerprint density at radius 3 is 2.50 bits per heavy atom. The van der Waals surface area contributed by atoms with Gasteiger partial charge in [0.1, 0.15) is 5.69 Å². The summed E-state index contributed by atoms with van der Waals surface area (Å²) in [4.78, 5) is 9.66. The van der Waals surface area contributed by atoms with Crippen molar-refractivity contribution in [3.8, 4) is 0 Å². The monoisotopic (exact) mass is 280 g/mol. The van der Waals surface area contributed by atoms with E-state index in [-0.39, 0.29) is 10.6 Å². The van der Waals surface area contributed by atoms with Crippen LogP contribution in [0.4, 0.5) is 20.2 Å². The van der Waals surface area contributed by atoms with Crippen LogP contribution in [0.3, 0.4) is 0 Å². The molecule has 0 radical (unpaired) electrons. The summed E-state index contributed by atoms with van der Waals surface area (Å²) >= 11 is 0. The number of nitro benzene ring substituents is 1. The molecule has 1 aromatic rings. The Bertz CT molecular complexity index is 560. The Morgan fingerprint density at radius 2 is 2.06 bits per heavy atom. The Morgan fingerprint density at radius 1 is 1.44 bits per heavy atom. The summed E-state index contributed by atoms with van der Waals surface area (Å²) in [5.41, 5.74) is -0.703. The first kappa shape index (κ1) is 14.3. The van der Waals surface area contributed by atoms with E-state index in [0.29, 0.717) is 0 Å². The number of nitro groups is 1. The second-order valence-corrected chi connectivity index (χ2v) is 5.50. The van der Waals surface area contributed by atoms with Crippen molar-refractivity contribution in [3.05, 3.63) is 28.3 Å². The van der Waals surface area contributed by atoms with Crippen LogP contribution in [0.15, 0.2) is 23.1 Å². The third-order valence-electron chi connectivity index (χ3n) is 2.04. The normalized spacial score (nSPS) is 11.6. The number of hydrogen-bond donors (Lipinski definition) is 1. The van der Waals surface area contributed by atoms with Crippen LogP contribution in [0.5, 0.6) is 0 Å². The molecule has 1 aromatic carbocycles. The van der Waals surface area contributed by atoms with Crippen LogP contribution in [-0.4, -0.2) is 32.6 Å². The molecule has 0 aliphatic carbocycles. The van der Waals surface area contributed by atoms with Gasteiger partial charge in [-0.05, 0) is 12.1 Å². The standard InChI is InChI=1S/C9H10F2N2O4S/c1-18(16,17)6-2-3-7(12-5-9(10)11)8(4-6)13(14)15/h2-4,9,12H,5H2,1H3. The highest BCUT2D eigenvalue weighted by Crippen LogP contribution is 2.27. The van der Waals surface area contributed by atoms with E-state index < -0.39 is 33.4 Å². The minimum absolute atomic E-state index is 0.146. The molecule has 100 valence electrons. The minimum atomic E-state index is -3.59. The molecule has 0 spiro atoms. The predicted molar refractivity (Wildman–Crippen MR) is 60.7 cm³/mol. The fourth-order valence-electron chi connectivity index (χ4n) is 1.23. The maximum Gasteiger partial charge on any atom is 0.293 e. The van der Waals surface area contributed by atoms with Crippen molar-refractivity contribution in [1.82, 2.24) is 0 Å². The van der Waals surface area contributed by atoms with Crippen molar-refractivity contribution in [2.75, 3.05) is 18.1 Å². The number of anilines is 1. The van der Waals surface area contributed by atoms with Crippen molar-refractivity contribution in [2.45, 2.75) is 11.3 Å². The van der Waals surface area contributed by atoms with Gasteiger partial charge >= 0.3 is 0 Å². The quantitative estimate of drug-likeness (QED) is 0.654. The van der Waals surface area contributed by atoms with Crippen LogP contribution in [0, 0.1) is 10.1 Å². The molecular formula is C9H10F2N2O4S. The van der Waals surface area contributed by atoms with Crippen LogP contribution in [-0.2, 0) is 9.84 Å². The molecule has 0 heterocycles. The molecule has 1 rings (SSSR count). The van der Waals surface area contributed by atoms with E-state index in [0.717, 1.165) is 24.5 Å². The molecule has 6 nitrogen and oxygen atoms in total. The molecule has 0 bridgehead atoms. The maximum atomic E-state index is 12.0. The second kappa shape index (κ2) is 5.25. The van der Waals surface area contributed by atoms with E-state index in [1.165, 1.54) is 0 Å². The molecule has 18 heavy (non-hydrogen) atoms. The van der Waals surface area contributed by atoms with Gasteiger partial charge in [-0.25, -0.2) is 17.2 Å². The smallest absolute Gasteiger partial charge is 0.293 e. The molecule has 0 saturated heterocycles. The molecule has 9 heteroatoms. The van der Waals surface area contributed by atoms with Crippen molar-refractivity contribution < 1.29 is 22.1 Å². The summed E-state index contributed by atoms with van der Waals surface area (Å²) in [5.74, 6) is 0. The van der Waals surface area contributed by atoms with Crippen molar-refractivity contribution in [2.24, 2.45) is 0 Å². The largest absolute Gasteiger partial charge is 0.374 e. The van der Waals surface area contributed by atoms with Crippen LogP contribution in [0.1, 0.15) is 0 Å². The predicted octanol–water partition coefficient (Wildman–Crippen LogP) is 1.68. The zero-order chi connectivity index (χ0) is 13.9. The van der Waals surface area contributed by atoms with Gasteiger partial charge in [0.15, 0.2) is 9.84 Å². The zero-order valence-electron chi connectivity index (χ0n) is 9.26. The average molecular weight is 280 g/mol. The SMILES string of the molecule is CS(=O)(=O)c1ccc(NCC(F)F)c([N+](=O)[O-])c1. The zero-order valence-corrected chi connectivity index (χ0v) is 10.1. The van der Waals surface area contributed by atoms with Crippen LogP contribution >= 0.6 is 0 Å². The number of benzene rings is 1. The third-order valence-corrected chi connectivity index (χ3v) is 3.15. The fraction of sp³-hybridized carbons (Fsp3) is 0.333. The number of nitrogens with zero attached hydrogens (tertiary/aromatic N) is 1. The Kier molecular flexibility index (Phi) is 4.17. The second-order valence-electron chi connectivity index (χ2n) is 3.48. The number of sulfone groups is 1. The molecular weight excluding hydrogens is 270 g/mol. The van der Waals surface area contributed by atoms with Gasteiger partial charge < -0.3 is 5.32 Å². The highest BCUT2D eigenvalue weighted by Gasteiger charge is 2.19. The summed E-state index contributed by atoms with van der Waals surface area (Å²) < 4.78 is 46.4. The third kappa shape index (κ3) is 3.62. The summed E-state index contributed by atoms with van der Waals surface area (Å²) in [6, 6.07) is 3.05. The van der Waals surface area contributed by atoms with Gasteiger partial charge in [0.2, 0.25) is 0 Å². The van der Waals surface area contributed by atoms with E-state index >= 15 is 0 Å². The van der Waals surface area contributed by atoms with Gasteiger partial charge in [0, 0.05) is 12.3 Å². The Balaban J connectivity index is 3.17. The lowest BCUT2D eigenvalue weighted by Crippen LogP contribution is -2.12. The summed E-state index contributed by atoms with van der Waals surface area (Å²) in [5, 5.41) is 12.9. The van der Waals surface area contributed by atoms with Crippen molar-refractivity contribution in [3.63, 3.8) is 0 Å². The molecule has 0 unspecified atom stereocenters. The number of nitrogens with one attached hydrogen (secondary N) is 1. The van der Waals surface area contributed by atoms with E-state index in [9.17, 15) is 27.3 Å². The first-order valence-corrected chi connectivity index (χ1v) is 6.61. The topological polar surface area (TPSA) is 89.3 Å².